The molecule has 0 saturated carbocycles. The van der Waals surface area contributed by atoms with Crippen LogP contribution < -0.4 is 5.43 Å². The molecular weight excluding hydrogens is 92.1 g/mol. The molecule has 0 saturated heterocycles. The lowest BCUT2D eigenvalue weighted by Gasteiger charge is -1.82. The van der Waals surface area contributed by atoms with E-state index in [-0.39, 0.29) is 0 Å². The normalized spacial score (nSPS) is 7.00. The zero-order chi connectivity index (χ0) is 5.54. The summed E-state index contributed by atoms with van der Waals surface area (Å²) in [6, 6.07) is 0. The summed E-state index contributed by atoms with van der Waals surface area (Å²) in [5, 5.41) is 3.04. The average molecular weight is 99.1 g/mol. The minimum atomic E-state index is 0.860. The van der Waals surface area contributed by atoms with Crippen LogP contribution in [0.4, 0.5) is 0 Å². The van der Waals surface area contributed by atoms with Crippen LogP contribution in [0, 0.1) is 6.54 Å². The molecule has 0 fully saturated rings. The van der Waals surface area contributed by atoms with Crippen molar-refractivity contribution in [1.82, 2.24) is 5.43 Å². The maximum absolute atomic E-state index is 7.67. The predicted octanol–water partition coefficient (Wildman–Crippen LogP) is 1.37. The Kier molecular flexibility index (Phi) is 4.46. The Labute approximate surface area is 42.1 Å². The van der Waals surface area contributed by atoms with Crippen LogP contribution >= 0.6 is 0 Å². The zero-order valence-electron chi connectivity index (χ0n) is 4.13. The molecule has 1 radical (unpaired) electrons. The molecule has 0 aliphatic heterocycles. The highest BCUT2D eigenvalue weighted by molar-refractivity contribution is 4.52. The van der Waals surface area contributed by atoms with Crippen molar-refractivity contribution in [3.05, 3.63) is 17.0 Å². The number of nitrogens with zero attached hydrogens (tertiary/aromatic N) is 3. The second-order valence-electron chi connectivity index (χ2n) is 0.931. The van der Waals surface area contributed by atoms with Gasteiger partial charge in [-0.25, -0.2) is 0 Å². The first-order chi connectivity index (χ1) is 3.41. The summed E-state index contributed by atoms with van der Waals surface area (Å²) in [6.07, 6.45) is 0.860. The highest BCUT2D eigenvalue weighted by atomic mass is 15.4. The molecule has 0 aromatic carbocycles. The lowest BCUT2D eigenvalue weighted by molar-refractivity contribution is 0.809. The van der Waals surface area contributed by atoms with Crippen molar-refractivity contribution in [2.75, 3.05) is 0 Å². The molecule has 0 amide bonds. The third-order valence-electron chi connectivity index (χ3n) is 0.398. The molecule has 0 spiro atoms. The molecule has 4 nitrogen and oxygen atoms in total. The smallest absolute Gasteiger partial charge is 0.136 e. The summed E-state index contributed by atoms with van der Waals surface area (Å²) in [5.41, 5.74) is 10.0. The number of hydrogen-bond donors (Lipinski definition) is 1. The van der Waals surface area contributed by atoms with Gasteiger partial charge in [0.2, 0.25) is 0 Å². The van der Waals surface area contributed by atoms with E-state index in [1.807, 2.05) is 6.92 Å². The van der Waals surface area contributed by atoms with E-state index in [1.165, 1.54) is 0 Å². The summed E-state index contributed by atoms with van der Waals surface area (Å²) in [7, 11) is 0. The molecular formula is C3H7N4. The van der Waals surface area contributed by atoms with E-state index >= 15 is 0 Å². The van der Waals surface area contributed by atoms with Gasteiger partial charge in [0.25, 0.3) is 0 Å². The van der Waals surface area contributed by atoms with Crippen molar-refractivity contribution in [3.63, 3.8) is 0 Å². The van der Waals surface area contributed by atoms with Crippen LogP contribution in [0.15, 0.2) is 5.22 Å². The highest BCUT2D eigenvalue weighted by Gasteiger charge is 1.74. The quantitative estimate of drug-likeness (QED) is 0.187. The second-order valence-corrected chi connectivity index (χ2v) is 0.931. The Balaban J connectivity index is 2.83. The summed E-state index contributed by atoms with van der Waals surface area (Å²) in [5.74, 6) is 0. The van der Waals surface area contributed by atoms with E-state index in [1.54, 1.807) is 6.54 Å². The molecule has 39 valence electrons. The number of rotatable bonds is 3. The monoisotopic (exact) mass is 99.1 g/mol. The summed E-state index contributed by atoms with van der Waals surface area (Å²) >= 11 is 0. The Hall–Kier alpha value is -0.890. The van der Waals surface area contributed by atoms with Gasteiger partial charge in [0.05, 0.1) is 0 Å². The Morgan fingerprint density at radius 2 is 2.71 bits per heavy atom. The topological polar surface area (TPSA) is 60.8 Å². The first-order valence-electron chi connectivity index (χ1n) is 2.03. The third kappa shape index (κ3) is 5.11. The number of hydrogen-bond acceptors (Lipinski definition) is 1. The van der Waals surface area contributed by atoms with E-state index < -0.39 is 0 Å². The fraction of sp³-hybridized carbons (Fsp3) is 0.667. The van der Waals surface area contributed by atoms with Crippen LogP contribution in [0.1, 0.15) is 13.3 Å². The lowest BCUT2D eigenvalue weighted by Crippen LogP contribution is -1.95. The molecule has 0 rings (SSSR count). The maximum Gasteiger partial charge on any atom is 0.136 e. The Morgan fingerprint density at radius 3 is 3.14 bits per heavy atom. The van der Waals surface area contributed by atoms with Gasteiger partial charge in [0.15, 0.2) is 0 Å². The van der Waals surface area contributed by atoms with Crippen molar-refractivity contribution in [2.24, 2.45) is 5.22 Å². The maximum atomic E-state index is 7.67. The van der Waals surface area contributed by atoms with Crippen LogP contribution in [0.3, 0.4) is 0 Å². The fourth-order valence-electron chi connectivity index (χ4n) is 0.158. The molecule has 7 heavy (non-hydrogen) atoms. The van der Waals surface area contributed by atoms with Gasteiger partial charge in [-0.1, -0.05) is 6.92 Å². The van der Waals surface area contributed by atoms with Gasteiger partial charge in [-0.3, -0.25) is 5.43 Å². The second kappa shape index (κ2) is 5.11. The Morgan fingerprint density at radius 1 is 2.00 bits per heavy atom. The van der Waals surface area contributed by atoms with Gasteiger partial charge in [-0.05, 0) is 11.6 Å². The number of azide groups is 1. The highest BCUT2D eigenvalue weighted by Crippen LogP contribution is 1.75. The summed E-state index contributed by atoms with van der Waals surface area (Å²) in [6.45, 7) is 3.61. The van der Waals surface area contributed by atoms with Crippen LogP contribution in [-0.2, 0) is 0 Å². The SMILES string of the molecule is CC[CH]NN=[N+]=[N-]. The van der Waals surface area contributed by atoms with Gasteiger partial charge >= 0.3 is 0 Å². The van der Waals surface area contributed by atoms with Crippen molar-refractivity contribution >= 4 is 0 Å². The summed E-state index contributed by atoms with van der Waals surface area (Å²) < 4.78 is 0. The van der Waals surface area contributed by atoms with Gasteiger partial charge in [0, 0.05) is 0 Å². The van der Waals surface area contributed by atoms with Crippen LogP contribution in [0.5, 0.6) is 0 Å². The van der Waals surface area contributed by atoms with Gasteiger partial charge in [0.1, 0.15) is 6.54 Å². The van der Waals surface area contributed by atoms with Crippen LogP contribution in [-0.4, -0.2) is 0 Å². The van der Waals surface area contributed by atoms with E-state index in [2.05, 4.69) is 15.6 Å². The molecule has 0 unspecified atom stereocenters. The third-order valence-corrected chi connectivity index (χ3v) is 0.398. The van der Waals surface area contributed by atoms with E-state index in [0.717, 1.165) is 6.42 Å². The van der Waals surface area contributed by atoms with Crippen LogP contribution in [0.2, 0.25) is 0 Å². The van der Waals surface area contributed by atoms with E-state index in [4.69, 9.17) is 5.53 Å². The molecule has 0 aromatic heterocycles. The first-order valence-corrected chi connectivity index (χ1v) is 2.03. The fourth-order valence-corrected chi connectivity index (χ4v) is 0.158. The van der Waals surface area contributed by atoms with E-state index in [0.29, 0.717) is 0 Å². The van der Waals surface area contributed by atoms with Gasteiger partial charge in [-0.2, -0.15) is 4.91 Å². The average Bonchev–Trinajstić information content (AvgIpc) is 1.69. The molecule has 4 heteroatoms. The molecule has 1 N–H and O–H groups in total. The predicted molar refractivity (Wildman–Crippen MR) is 26.9 cm³/mol. The molecule has 0 aliphatic carbocycles. The minimum Gasteiger partial charge on any atom is -0.254 e. The zero-order valence-corrected chi connectivity index (χ0v) is 4.13. The Bertz CT molecular complexity index is 73.0. The first kappa shape index (κ1) is 6.11. The summed E-state index contributed by atoms with van der Waals surface area (Å²) in [4.78, 5) is 2.46. The minimum absolute atomic E-state index is 0.860. The van der Waals surface area contributed by atoms with Crippen molar-refractivity contribution in [3.8, 4) is 0 Å². The standard InChI is InChI=1S/C3H7N4/c1-2-3-5-7-6-4/h3,5H,2H2,1H3. The van der Waals surface area contributed by atoms with E-state index in [9.17, 15) is 0 Å². The molecule has 0 aromatic rings. The molecule has 0 aliphatic rings. The molecule has 0 heterocycles. The molecule has 0 atom stereocenters. The van der Waals surface area contributed by atoms with Gasteiger partial charge < -0.3 is 0 Å². The largest absolute Gasteiger partial charge is 0.254 e. The van der Waals surface area contributed by atoms with Crippen molar-refractivity contribution in [1.29, 1.82) is 0 Å². The molecule has 0 bridgehead atoms. The number of nitrogens with one attached hydrogen (secondary N) is 1. The van der Waals surface area contributed by atoms with Crippen molar-refractivity contribution in [2.45, 2.75) is 13.3 Å². The van der Waals surface area contributed by atoms with Crippen LogP contribution in [0.25, 0.3) is 10.4 Å². The lowest BCUT2D eigenvalue weighted by atomic mass is 10.5. The van der Waals surface area contributed by atoms with Gasteiger partial charge in [-0.15, -0.1) is 5.53 Å². The van der Waals surface area contributed by atoms with Crippen molar-refractivity contribution < 1.29 is 0 Å².